The van der Waals surface area contributed by atoms with Crippen LogP contribution in [0, 0.1) is 0 Å². The molecule has 0 aromatic heterocycles. The summed E-state index contributed by atoms with van der Waals surface area (Å²) in [6.07, 6.45) is 3.65. The van der Waals surface area contributed by atoms with Crippen molar-refractivity contribution in [3.05, 3.63) is 94.0 Å². The van der Waals surface area contributed by atoms with Crippen molar-refractivity contribution in [1.29, 1.82) is 0 Å². The predicted molar refractivity (Wildman–Crippen MR) is 205 cm³/mol. The van der Waals surface area contributed by atoms with Crippen molar-refractivity contribution >= 4 is 11.9 Å². The average molecular weight is 751 g/mol. The Morgan fingerprint density at radius 1 is 0.873 bits per heavy atom. The van der Waals surface area contributed by atoms with Gasteiger partial charge in [-0.3, -0.25) is 9.69 Å². The number of quaternary nitrogens is 1. The number of carbonyl (C=O) groups is 2. The molecule has 0 radical (unpaired) electrons. The molecule has 4 heterocycles. The summed E-state index contributed by atoms with van der Waals surface area (Å²) in [4.78, 5) is 27.9. The molecule has 4 aromatic rings. The van der Waals surface area contributed by atoms with Gasteiger partial charge in [0, 0.05) is 49.9 Å². The van der Waals surface area contributed by atoms with Crippen molar-refractivity contribution in [2.45, 2.75) is 70.5 Å². The fourth-order valence-electron chi connectivity index (χ4n) is 8.82. The number of nitrogens with zero attached hydrogens (tertiary/aromatic N) is 2. The molecule has 8 rings (SSSR count). The molecule has 4 unspecified atom stereocenters. The summed E-state index contributed by atoms with van der Waals surface area (Å²) >= 11 is 0. The van der Waals surface area contributed by atoms with E-state index in [1.807, 2.05) is 74.6 Å². The number of methoxy groups -OCH3 is 3. The van der Waals surface area contributed by atoms with Crippen LogP contribution in [0.2, 0.25) is 0 Å². The van der Waals surface area contributed by atoms with E-state index in [-0.39, 0.29) is 22.3 Å². The van der Waals surface area contributed by atoms with Crippen LogP contribution < -0.4 is 33.5 Å². The molecule has 0 N–H and O–H groups in total. The van der Waals surface area contributed by atoms with E-state index in [2.05, 4.69) is 11.9 Å². The first-order valence-electron chi connectivity index (χ1n) is 19.0. The number of carboxylic acids is 1. The van der Waals surface area contributed by atoms with Gasteiger partial charge in [0.1, 0.15) is 17.8 Å². The van der Waals surface area contributed by atoms with Crippen LogP contribution in [0.1, 0.15) is 72.2 Å². The van der Waals surface area contributed by atoms with E-state index < -0.39 is 18.0 Å². The van der Waals surface area contributed by atoms with Gasteiger partial charge in [0.15, 0.2) is 34.5 Å². The zero-order chi connectivity index (χ0) is 39.0. The summed E-state index contributed by atoms with van der Waals surface area (Å²) in [5.41, 5.74) is 5.94. The first kappa shape index (κ1) is 38.0. The molecule has 11 heteroatoms. The lowest BCUT2D eigenvalue weighted by molar-refractivity contribution is -0.958. The maximum Gasteiger partial charge on any atom is 0.308 e. The largest absolute Gasteiger partial charge is 0.544 e. The Morgan fingerprint density at radius 2 is 1.56 bits per heavy atom. The second kappa shape index (κ2) is 15.5. The Kier molecular flexibility index (Phi) is 10.7. The molecule has 290 valence electrons. The SMILES string of the molecule is CCCC(C(=O)[O-])[N+]1(C)CCc2cc(OC)c3cc2C1Cc1ccc(cc1)Oc1cc(ccc1OC)CC1c2c(cc(OC)c(OC(C)=O)c2O3)CCN1C. The molecule has 55 heavy (non-hydrogen) atoms. The van der Waals surface area contributed by atoms with Gasteiger partial charge in [-0.2, -0.15) is 0 Å². The molecular weight excluding hydrogens is 700 g/mol. The highest BCUT2D eigenvalue weighted by Gasteiger charge is 2.46. The Bertz CT molecular complexity index is 2100. The van der Waals surface area contributed by atoms with Gasteiger partial charge in [-0.05, 0) is 84.6 Å². The third-order valence-electron chi connectivity index (χ3n) is 11.7. The van der Waals surface area contributed by atoms with Crippen LogP contribution in [0.3, 0.4) is 0 Å². The summed E-state index contributed by atoms with van der Waals surface area (Å²) in [6, 6.07) is 18.7. The summed E-state index contributed by atoms with van der Waals surface area (Å²) in [6.45, 7) is 4.74. The topological polar surface area (TPSA) is 116 Å². The molecule has 0 amide bonds. The van der Waals surface area contributed by atoms with Gasteiger partial charge in [-0.15, -0.1) is 0 Å². The highest BCUT2D eigenvalue weighted by molar-refractivity contribution is 5.74. The first-order chi connectivity index (χ1) is 26.5. The van der Waals surface area contributed by atoms with Crippen molar-refractivity contribution in [1.82, 2.24) is 4.90 Å². The minimum absolute atomic E-state index is 0.179. The normalized spacial score (nSPS) is 20.8. The van der Waals surface area contributed by atoms with Gasteiger partial charge in [0.2, 0.25) is 5.75 Å². The lowest BCUT2D eigenvalue weighted by atomic mass is 9.84. The summed E-state index contributed by atoms with van der Waals surface area (Å²) in [5, 5.41) is 12.9. The monoisotopic (exact) mass is 750 g/mol. The zero-order valence-electron chi connectivity index (χ0n) is 32.7. The fourth-order valence-corrected chi connectivity index (χ4v) is 8.82. The molecular formula is C44H50N2O9. The van der Waals surface area contributed by atoms with E-state index in [1.54, 1.807) is 21.3 Å². The lowest BCUT2D eigenvalue weighted by Gasteiger charge is -2.51. The number of carbonyl (C=O) groups excluding carboxylic acids is 2. The highest BCUT2D eigenvalue weighted by Crippen LogP contribution is 2.53. The fraction of sp³-hybridized carbons (Fsp3) is 0.409. The number of likely N-dealkylation sites (N-methyl/N-ethyl adjacent to an activating group) is 2. The van der Waals surface area contributed by atoms with Crippen molar-refractivity contribution in [2.75, 3.05) is 48.5 Å². The van der Waals surface area contributed by atoms with Crippen LogP contribution in [-0.2, 0) is 35.3 Å². The first-order valence-corrected chi connectivity index (χ1v) is 19.0. The van der Waals surface area contributed by atoms with Gasteiger partial charge >= 0.3 is 5.97 Å². The van der Waals surface area contributed by atoms with E-state index in [9.17, 15) is 14.7 Å². The smallest absolute Gasteiger partial charge is 0.308 e. The van der Waals surface area contributed by atoms with Crippen LogP contribution in [0.25, 0.3) is 0 Å². The predicted octanol–water partition coefficient (Wildman–Crippen LogP) is 6.51. The molecule has 0 aliphatic carbocycles. The number of hydrogen-bond donors (Lipinski definition) is 0. The number of fused-ring (bicyclic) bond motifs is 2. The number of esters is 1. The molecule has 0 saturated carbocycles. The number of aliphatic carboxylic acids is 1. The van der Waals surface area contributed by atoms with Crippen LogP contribution in [0.15, 0.2) is 60.7 Å². The maximum atomic E-state index is 12.9. The van der Waals surface area contributed by atoms with Crippen molar-refractivity contribution in [3.8, 4) is 46.0 Å². The van der Waals surface area contributed by atoms with E-state index in [0.717, 1.165) is 39.9 Å². The molecule has 4 aliphatic rings. The highest BCUT2D eigenvalue weighted by atomic mass is 16.6. The van der Waals surface area contributed by atoms with Gasteiger partial charge in [0.25, 0.3) is 0 Å². The molecule has 4 atom stereocenters. The lowest BCUT2D eigenvalue weighted by Crippen LogP contribution is -2.63. The second-order valence-corrected chi connectivity index (χ2v) is 15.1. The molecule has 0 saturated heterocycles. The molecule has 4 aliphatic heterocycles. The molecule has 6 bridgehead atoms. The summed E-state index contributed by atoms with van der Waals surface area (Å²) in [7, 11) is 8.89. The van der Waals surface area contributed by atoms with Crippen LogP contribution in [-0.4, -0.2) is 75.9 Å². The molecule has 0 fully saturated rings. The average Bonchev–Trinajstić information content (AvgIpc) is 3.16. The zero-order valence-corrected chi connectivity index (χ0v) is 32.7. The third kappa shape index (κ3) is 7.18. The van der Waals surface area contributed by atoms with E-state index in [4.69, 9.17) is 28.4 Å². The minimum atomic E-state index is -1.05. The van der Waals surface area contributed by atoms with Crippen LogP contribution >= 0.6 is 0 Å². The summed E-state index contributed by atoms with van der Waals surface area (Å²) < 4.78 is 37.3. The van der Waals surface area contributed by atoms with Crippen molar-refractivity contribution in [2.24, 2.45) is 0 Å². The Balaban J connectivity index is 1.51. The number of rotatable bonds is 8. The Labute approximate surface area is 322 Å². The van der Waals surface area contributed by atoms with E-state index >= 15 is 0 Å². The van der Waals surface area contributed by atoms with Gasteiger partial charge in [-0.25, -0.2) is 0 Å². The van der Waals surface area contributed by atoms with Crippen molar-refractivity contribution < 1.29 is 47.6 Å². The van der Waals surface area contributed by atoms with Gasteiger partial charge < -0.3 is 42.8 Å². The number of benzene rings is 4. The minimum Gasteiger partial charge on any atom is -0.544 e. The van der Waals surface area contributed by atoms with Gasteiger partial charge in [0.05, 0.1) is 40.9 Å². The third-order valence-corrected chi connectivity index (χ3v) is 11.7. The number of hydrogen-bond acceptors (Lipinski definition) is 10. The number of carboxylic acid groups (broad SMARTS) is 1. The van der Waals surface area contributed by atoms with Crippen molar-refractivity contribution in [3.63, 3.8) is 0 Å². The molecule has 11 nitrogen and oxygen atoms in total. The van der Waals surface area contributed by atoms with Crippen LogP contribution in [0.4, 0.5) is 0 Å². The second-order valence-electron chi connectivity index (χ2n) is 15.1. The Morgan fingerprint density at radius 3 is 2.24 bits per heavy atom. The molecule has 4 aromatic carbocycles. The van der Waals surface area contributed by atoms with Crippen LogP contribution in [0.5, 0.6) is 46.0 Å². The van der Waals surface area contributed by atoms with E-state index in [0.29, 0.717) is 85.3 Å². The standard InChI is InChI=1S/C44H50N2O9/c1-8-9-34(44(48)49)46(4)19-17-29-23-37(51-6)39-25-32(29)35(46)21-27-10-13-31(14-11-27)54-38-22-28(12-15-36(38)50-5)20-33-41-30(16-18-45(33)3)24-40(52-7)42(43(41)55-39)53-26(2)47/h10-15,22-25,33-35H,8-9,16-21H2,1-7H3. The van der Waals surface area contributed by atoms with E-state index in [1.165, 1.54) is 6.92 Å². The Hall–Kier alpha value is -5.26. The molecule has 0 spiro atoms. The number of ether oxygens (including phenoxy) is 6. The maximum absolute atomic E-state index is 12.9. The summed E-state index contributed by atoms with van der Waals surface area (Å²) in [5.74, 6) is 2.13. The quantitative estimate of drug-likeness (QED) is 0.112. The van der Waals surface area contributed by atoms with Gasteiger partial charge in [-0.1, -0.05) is 31.5 Å².